The van der Waals surface area contributed by atoms with Crippen LogP contribution in [0, 0.1) is 5.92 Å². The number of rotatable bonds is 1. The Balaban J connectivity index is 2.02. The number of halogens is 1. The lowest BCUT2D eigenvalue weighted by Crippen LogP contribution is -2.26. The Bertz CT molecular complexity index is 155. The van der Waals surface area contributed by atoms with Gasteiger partial charge in [-0.25, -0.2) is 0 Å². The van der Waals surface area contributed by atoms with Gasteiger partial charge in [0.15, 0.2) is 0 Å². The molecule has 0 spiro atoms. The second kappa shape index (κ2) is 3.30. The zero-order valence-corrected chi connectivity index (χ0v) is 9.27. The number of ether oxygens (including phenoxy) is 1. The lowest BCUT2D eigenvalue weighted by Gasteiger charge is -2.24. The highest BCUT2D eigenvalue weighted by atomic mass is 79.9. The van der Waals surface area contributed by atoms with Crippen LogP contribution in [0.2, 0.25) is 0 Å². The van der Waals surface area contributed by atoms with Crippen molar-refractivity contribution >= 4 is 15.9 Å². The van der Waals surface area contributed by atoms with Gasteiger partial charge in [-0.3, -0.25) is 0 Å². The van der Waals surface area contributed by atoms with Crippen LogP contribution in [0.1, 0.15) is 39.0 Å². The van der Waals surface area contributed by atoms with Crippen LogP contribution in [0.15, 0.2) is 0 Å². The van der Waals surface area contributed by atoms with E-state index in [4.69, 9.17) is 4.74 Å². The summed E-state index contributed by atoms with van der Waals surface area (Å²) in [7, 11) is 0. The lowest BCUT2D eigenvalue weighted by atomic mass is 9.84. The van der Waals surface area contributed by atoms with Gasteiger partial charge < -0.3 is 4.74 Å². The summed E-state index contributed by atoms with van der Waals surface area (Å²) in [4.78, 5) is 0. The standard InChI is InChI=1S/C10H17BrO/c1-10(7-11)6-8-4-2-3-5-9(8)12-10/h8-9H,2-7H2,1H3/t8-,9-,10?/m1/s1. The predicted molar refractivity (Wildman–Crippen MR) is 53.6 cm³/mol. The van der Waals surface area contributed by atoms with Crippen LogP contribution in [0.4, 0.5) is 0 Å². The lowest BCUT2D eigenvalue weighted by molar-refractivity contribution is -0.0267. The second-order valence-electron chi connectivity index (χ2n) is 4.49. The molecule has 0 bridgehead atoms. The van der Waals surface area contributed by atoms with Gasteiger partial charge in [0, 0.05) is 5.33 Å². The quantitative estimate of drug-likeness (QED) is 0.632. The van der Waals surface area contributed by atoms with Crippen LogP contribution >= 0.6 is 15.9 Å². The van der Waals surface area contributed by atoms with E-state index in [0.717, 1.165) is 11.2 Å². The Morgan fingerprint density at radius 2 is 2.17 bits per heavy atom. The van der Waals surface area contributed by atoms with Crippen molar-refractivity contribution in [2.45, 2.75) is 50.7 Å². The van der Waals surface area contributed by atoms with Gasteiger partial charge >= 0.3 is 0 Å². The number of fused-ring (bicyclic) bond motifs is 1. The first-order valence-electron chi connectivity index (χ1n) is 4.97. The first-order chi connectivity index (χ1) is 5.73. The van der Waals surface area contributed by atoms with Crippen molar-refractivity contribution in [1.29, 1.82) is 0 Å². The van der Waals surface area contributed by atoms with Gasteiger partial charge in [-0.2, -0.15) is 0 Å². The molecule has 1 heterocycles. The molecule has 0 aromatic carbocycles. The van der Waals surface area contributed by atoms with E-state index in [1.54, 1.807) is 0 Å². The van der Waals surface area contributed by atoms with Crippen molar-refractivity contribution in [3.05, 3.63) is 0 Å². The maximum absolute atomic E-state index is 6.06. The van der Waals surface area contributed by atoms with Crippen LogP contribution < -0.4 is 0 Å². The minimum absolute atomic E-state index is 0.139. The maximum atomic E-state index is 6.06. The van der Waals surface area contributed by atoms with E-state index >= 15 is 0 Å². The van der Waals surface area contributed by atoms with Gasteiger partial charge in [0.25, 0.3) is 0 Å². The van der Waals surface area contributed by atoms with Crippen molar-refractivity contribution in [1.82, 2.24) is 0 Å². The summed E-state index contributed by atoms with van der Waals surface area (Å²) in [5.74, 6) is 0.862. The molecule has 0 radical (unpaired) electrons. The van der Waals surface area contributed by atoms with Crippen molar-refractivity contribution in [3.8, 4) is 0 Å². The molecule has 2 heteroatoms. The third-order valence-corrected chi connectivity index (χ3v) is 4.44. The Morgan fingerprint density at radius 3 is 2.83 bits per heavy atom. The highest BCUT2D eigenvalue weighted by Gasteiger charge is 2.43. The summed E-state index contributed by atoms with van der Waals surface area (Å²) in [6.07, 6.45) is 7.34. The fourth-order valence-corrected chi connectivity index (χ4v) is 2.98. The highest BCUT2D eigenvalue weighted by molar-refractivity contribution is 9.09. The third kappa shape index (κ3) is 1.56. The fraction of sp³-hybridized carbons (Fsp3) is 1.00. The number of hydrogen-bond acceptors (Lipinski definition) is 1. The second-order valence-corrected chi connectivity index (χ2v) is 5.05. The highest BCUT2D eigenvalue weighted by Crippen LogP contribution is 2.43. The molecule has 70 valence electrons. The minimum Gasteiger partial charge on any atom is -0.371 e. The summed E-state index contributed by atoms with van der Waals surface area (Å²) in [5.41, 5.74) is 0.139. The van der Waals surface area contributed by atoms with Gasteiger partial charge in [-0.1, -0.05) is 28.8 Å². The molecule has 0 aromatic rings. The SMILES string of the molecule is CC1(CBr)C[C@H]2CCCC[C@H]2O1. The summed E-state index contributed by atoms with van der Waals surface area (Å²) >= 11 is 3.54. The van der Waals surface area contributed by atoms with Crippen LogP contribution in [0.25, 0.3) is 0 Å². The van der Waals surface area contributed by atoms with E-state index in [1.165, 1.54) is 32.1 Å². The third-order valence-electron chi connectivity index (χ3n) is 3.25. The molecule has 1 aliphatic heterocycles. The largest absolute Gasteiger partial charge is 0.371 e. The Hall–Kier alpha value is 0.440. The van der Waals surface area contributed by atoms with Crippen molar-refractivity contribution < 1.29 is 4.74 Å². The van der Waals surface area contributed by atoms with Crippen molar-refractivity contribution in [2.75, 3.05) is 5.33 Å². The summed E-state index contributed by atoms with van der Waals surface area (Å²) in [6, 6.07) is 0. The molecule has 12 heavy (non-hydrogen) atoms. The Labute approximate surface area is 83.0 Å². The van der Waals surface area contributed by atoms with Crippen LogP contribution in [-0.2, 0) is 4.74 Å². The van der Waals surface area contributed by atoms with Gasteiger partial charge in [-0.05, 0) is 32.1 Å². The molecule has 1 aliphatic carbocycles. The van der Waals surface area contributed by atoms with Crippen molar-refractivity contribution in [2.24, 2.45) is 5.92 Å². The molecular formula is C10H17BrO. The van der Waals surface area contributed by atoms with Gasteiger partial charge in [0.05, 0.1) is 11.7 Å². The van der Waals surface area contributed by atoms with Crippen LogP contribution in [0.3, 0.4) is 0 Å². The first-order valence-corrected chi connectivity index (χ1v) is 6.09. The van der Waals surface area contributed by atoms with Crippen molar-refractivity contribution in [3.63, 3.8) is 0 Å². The minimum atomic E-state index is 0.139. The zero-order chi connectivity index (χ0) is 8.60. The van der Waals surface area contributed by atoms with Gasteiger partial charge in [0.2, 0.25) is 0 Å². The molecule has 2 rings (SSSR count). The van der Waals surface area contributed by atoms with Gasteiger partial charge in [-0.15, -0.1) is 0 Å². The zero-order valence-electron chi connectivity index (χ0n) is 7.68. The topological polar surface area (TPSA) is 9.23 Å². The fourth-order valence-electron chi connectivity index (χ4n) is 2.62. The number of hydrogen-bond donors (Lipinski definition) is 0. The van der Waals surface area contributed by atoms with Crippen LogP contribution in [-0.4, -0.2) is 17.0 Å². The molecule has 3 atom stereocenters. The Kier molecular flexibility index (Phi) is 2.48. The molecule has 1 saturated carbocycles. The molecular weight excluding hydrogens is 216 g/mol. The summed E-state index contributed by atoms with van der Waals surface area (Å²) in [6.45, 7) is 2.24. The normalized spacial score (nSPS) is 47.5. The van der Waals surface area contributed by atoms with E-state index in [9.17, 15) is 0 Å². The van der Waals surface area contributed by atoms with E-state index in [-0.39, 0.29) is 5.60 Å². The monoisotopic (exact) mass is 232 g/mol. The molecule has 1 unspecified atom stereocenters. The molecule has 0 aromatic heterocycles. The summed E-state index contributed by atoms with van der Waals surface area (Å²) < 4.78 is 6.06. The molecule has 1 saturated heterocycles. The summed E-state index contributed by atoms with van der Waals surface area (Å²) in [5, 5.41) is 0.993. The number of alkyl halides is 1. The average molecular weight is 233 g/mol. The molecule has 1 nitrogen and oxygen atoms in total. The predicted octanol–water partition coefficient (Wildman–Crippen LogP) is 3.12. The van der Waals surface area contributed by atoms with E-state index in [2.05, 4.69) is 22.9 Å². The smallest absolute Gasteiger partial charge is 0.0758 e. The first kappa shape index (κ1) is 9.01. The van der Waals surface area contributed by atoms with Crippen LogP contribution in [0.5, 0.6) is 0 Å². The molecule has 2 aliphatic rings. The molecule has 2 fully saturated rings. The molecule has 0 N–H and O–H groups in total. The van der Waals surface area contributed by atoms with E-state index in [0.29, 0.717) is 6.10 Å². The maximum Gasteiger partial charge on any atom is 0.0758 e. The average Bonchev–Trinajstić information content (AvgIpc) is 2.42. The molecule has 0 amide bonds. The van der Waals surface area contributed by atoms with E-state index < -0.39 is 0 Å². The Morgan fingerprint density at radius 1 is 1.42 bits per heavy atom. The van der Waals surface area contributed by atoms with Gasteiger partial charge in [0.1, 0.15) is 0 Å². The van der Waals surface area contributed by atoms with E-state index in [1.807, 2.05) is 0 Å².